The molecule has 1 atom stereocenters. The number of hydrogen-bond acceptors (Lipinski definition) is 8. The van der Waals surface area contributed by atoms with Crippen LogP contribution in [0, 0.1) is 0 Å². The molecule has 5 rings (SSSR count). The zero-order valence-electron chi connectivity index (χ0n) is 19.2. The highest BCUT2D eigenvalue weighted by atomic mass is 16.5. The van der Waals surface area contributed by atoms with E-state index in [0.29, 0.717) is 16.9 Å². The van der Waals surface area contributed by atoms with E-state index in [-0.39, 0.29) is 42.7 Å². The second-order valence-electron chi connectivity index (χ2n) is 8.24. The van der Waals surface area contributed by atoms with Gasteiger partial charge in [0.15, 0.2) is 11.2 Å². The van der Waals surface area contributed by atoms with Crippen LogP contribution in [0.5, 0.6) is 0 Å². The Balaban J connectivity index is 1.57. The minimum atomic E-state index is -1.64. The fraction of sp³-hybridized carbons (Fsp3) is 0.231. The number of carbonyl (C=O) groups excluding carboxylic acids is 3. The maximum atomic E-state index is 14.1. The highest BCUT2D eigenvalue weighted by Gasteiger charge is 2.63. The van der Waals surface area contributed by atoms with Gasteiger partial charge in [-0.25, -0.2) is 4.79 Å². The Kier molecular flexibility index (Phi) is 5.39. The summed E-state index contributed by atoms with van der Waals surface area (Å²) in [6, 6.07) is 16.2. The molecule has 2 N–H and O–H groups in total. The molecule has 3 aromatic rings. The zero-order chi connectivity index (χ0) is 24.7. The van der Waals surface area contributed by atoms with Crippen LogP contribution in [0.25, 0.3) is 11.3 Å². The maximum Gasteiger partial charge on any atom is 0.337 e. The van der Waals surface area contributed by atoms with E-state index in [9.17, 15) is 14.4 Å². The van der Waals surface area contributed by atoms with Crippen molar-refractivity contribution in [3.63, 3.8) is 0 Å². The van der Waals surface area contributed by atoms with Crippen molar-refractivity contribution in [1.82, 2.24) is 9.88 Å². The molecule has 0 fully saturated rings. The van der Waals surface area contributed by atoms with Gasteiger partial charge in [0.1, 0.15) is 18.8 Å². The van der Waals surface area contributed by atoms with E-state index in [1.807, 2.05) is 30.3 Å². The van der Waals surface area contributed by atoms with Crippen molar-refractivity contribution in [3.8, 4) is 11.3 Å². The first-order valence-electron chi connectivity index (χ1n) is 11.2. The molecular formula is C26H23N3O6. The molecule has 2 aliphatic rings. The molecule has 1 aromatic heterocycles. The summed E-state index contributed by atoms with van der Waals surface area (Å²) in [5.74, 6) is -1.50. The maximum absolute atomic E-state index is 14.1. The van der Waals surface area contributed by atoms with Crippen LogP contribution < -0.4 is 5.73 Å². The van der Waals surface area contributed by atoms with Gasteiger partial charge in [-0.2, -0.15) is 4.98 Å². The van der Waals surface area contributed by atoms with Crippen molar-refractivity contribution in [1.29, 1.82) is 0 Å². The third-order valence-electron chi connectivity index (χ3n) is 6.29. The number of nitrogens with zero attached hydrogens (tertiary/aromatic N) is 2. The number of anilines is 1. The fourth-order valence-corrected chi connectivity index (χ4v) is 4.85. The Morgan fingerprint density at radius 1 is 1.09 bits per heavy atom. The third-order valence-corrected chi connectivity index (χ3v) is 6.29. The molecule has 0 saturated heterocycles. The number of hydrogen-bond donors (Lipinski definition) is 1. The van der Waals surface area contributed by atoms with Gasteiger partial charge < -0.3 is 24.5 Å². The van der Waals surface area contributed by atoms with Crippen LogP contribution in [0.15, 0.2) is 70.3 Å². The lowest BCUT2D eigenvalue weighted by Crippen LogP contribution is -2.43. The van der Waals surface area contributed by atoms with Crippen LogP contribution in [0.2, 0.25) is 0 Å². The predicted octanol–water partition coefficient (Wildman–Crippen LogP) is 2.95. The molecule has 0 unspecified atom stereocenters. The number of esters is 2. The number of nitrogens with two attached hydrogens (primary N) is 1. The lowest BCUT2D eigenvalue weighted by molar-refractivity contribution is -0.149. The van der Waals surface area contributed by atoms with Crippen LogP contribution in [0.3, 0.4) is 0 Å². The summed E-state index contributed by atoms with van der Waals surface area (Å²) in [7, 11) is 0. The summed E-state index contributed by atoms with van der Waals surface area (Å²) >= 11 is 0. The smallest absolute Gasteiger partial charge is 0.337 e. The molecule has 9 nitrogen and oxygen atoms in total. The van der Waals surface area contributed by atoms with Gasteiger partial charge in [-0.05, 0) is 25.0 Å². The Morgan fingerprint density at radius 2 is 1.80 bits per heavy atom. The standard InChI is InChI=1S/C26H23N3O6/c1-3-33-23(31)20-15(2)29(13-19(30)34-14-16-9-5-4-6-10-16)24(32)26(20)18-12-8-7-11-17(18)21-22(26)28-25(27)35-21/h4-12H,3,13-14H2,1-2H3,(H2,27,28)/t26-/m0/s1. The van der Waals surface area contributed by atoms with E-state index < -0.39 is 23.3 Å². The first kappa shape index (κ1) is 22.4. The van der Waals surface area contributed by atoms with Crippen molar-refractivity contribution in [2.45, 2.75) is 25.9 Å². The number of carbonyl (C=O) groups is 3. The van der Waals surface area contributed by atoms with Crippen LogP contribution in [0.1, 0.15) is 30.7 Å². The van der Waals surface area contributed by atoms with Gasteiger partial charge in [0, 0.05) is 11.3 Å². The average molecular weight is 473 g/mol. The summed E-state index contributed by atoms with van der Waals surface area (Å²) in [6.45, 7) is 3.07. The average Bonchev–Trinajstić information content (AvgIpc) is 3.43. The fourth-order valence-electron chi connectivity index (χ4n) is 4.85. The predicted molar refractivity (Wildman–Crippen MR) is 124 cm³/mol. The van der Waals surface area contributed by atoms with Gasteiger partial charge in [0.05, 0.1) is 12.2 Å². The molecule has 0 saturated carbocycles. The number of ether oxygens (including phenoxy) is 2. The van der Waals surface area contributed by atoms with E-state index in [1.54, 1.807) is 38.1 Å². The SMILES string of the molecule is CCOC(=O)C1=C(C)N(CC(=O)OCc2ccccc2)C(=O)[C@@]12c1ccccc1-c1oc(N)nc12. The largest absolute Gasteiger partial charge is 0.463 e. The number of nitrogen functional groups attached to an aromatic ring is 1. The van der Waals surface area contributed by atoms with Crippen molar-refractivity contribution in [2.24, 2.45) is 0 Å². The number of allylic oxidation sites excluding steroid dienone is 1. The summed E-state index contributed by atoms with van der Waals surface area (Å²) in [5.41, 5.74) is 6.74. The number of aromatic nitrogens is 1. The number of oxazole rings is 1. The highest BCUT2D eigenvalue weighted by molar-refractivity contribution is 6.14. The van der Waals surface area contributed by atoms with Gasteiger partial charge in [-0.15, -0.1) is 0 Å². The monoisotopic (exact) mass is 473 g/mol. The van der Waals surface area contributed by atoms with Crippen molar-refractivity contribution < 1.29 is 28.3 Å². The van der Waals surface area contributed by atoms with Gasteiger partial charge >= 0.3 is 11.9 Å². The zero-order valence-corrected chi connectivity index (χ0v) is 19.2. The lowest BCUT2D eigenvalue weighted by Gasteiger charge is -2.26. The Morgan fingerprint density at radius 3 is 2.54 bits per heavy atom. The van der Waals surface area contributed by atoms with Crippen LogP contribution >= 0.6 is 0 Å². The topological polar surface area (TPSA) is 125 Å². The van der Waals surface area contributed by atoms with Crippen molar-refractivity contribution in [2.75, 3.05) is 18.9 Å². The molecule has 0 bridgehead atoms. The van der Waals surface area contributed by atoms with Crippen molar-refractivity contribution >= 4 is 23.9 Å². The molecular weight excluding hydrogens is 450 g/mol. The molecule has 1 spiro atoms. The quantitative estimate of drug-likeness (QED) is 0.542. The van der Waals surface area contributed by atoms with Crippen LogP contribution in [-0.2, 0) is 35.9 Å². The lowest BCUT2D eigenvalue weighted by atomic mass is 9.74. The Hall–Kier alpha value is -4.40. The third kappa shape index (κ3) is 3.30. The summed E-state index contributed by atoms with van der Waals surface area (Å²) in [4.78, 5) is 45.7. The Labute approximate surface area is 201 Å². The van der Waals surface area contributed by atoms with Gasteiger partial charge in [-0.3, -0.25) is 9.59 Å². The number of amides is 1. The second kappa shape index (κ2) is 8.43. The van der Waals surface area contributed by atoms with E-state index in [1.165, 1.54) is 4.90 Å². The summed E-state index contributed by atoms with van der Waals surface area (Å²) < 4.78 is 16.4. The molecule has 178 valence electrons. The minimum absolute atomic E-state index is 0.0626. The van der Waals surface area contributed by atoms with E-state index >= 15 is 0 Å². The Bertz CT molecular complexity index is 1380. The number of benzene rings is 2. The van der Waals surface area contributed by atoms with Gasteiger partial charge in [0.25, 0.3) is 6.01 Å². The van der Waals surface area contributed by atoms with Gasteiger partial charge in [-0.1, -0.05) is 54.6 Å². The molecule has 1 amide bonds. The first-order valence-corrected chi connectivity index (χ1v) is 11.2. The highest BCUT2D eigenvalue weighted by Crippen LogP contribution is 2.57. The second-order valence-corrected chi connectivity index (χ2v) is 8.24. The van der Waals surface area contributed by atoms with Crippen LogP contribution in [0.4, 0.5) is 6.01 Å². The molecule has 2 aromatic carbocycles. The van der Waals surface area contributed by atoms with E-state index in [0.717, 1.165) is 5.56 Å². The van der Waals surface area contributed by atoms with Crippen LogP contribution in [-0.4, -0.2) is 40.9 Å². The first-order chi connectivity index (χ1) is 16.9. The van der Waals surface area contributed by atoms with E-state index in [2.05, 4.69) is 4.98 Å². The molecule has 2 heterocycles. The summed E-state index contributed by atoms with van der Waals surface area (Å²) in [6.07, 6.45) is 0. The molecule has 35 heavy (non-hydrogen) atoms. The van der Waals surface area contributed by atoms with Crippen molar-refractivity contribution in [3.05, 3.63) is 82.7 Å². The molecule has 9 heteroatoms. The molecule has 1 aliphatic carbocycles. The molecule has 0 radical (unpaired) electrons. The van der Waals surface area contributed by atoms with E-state index in [4.69, 9.17) is 19.6 Å². The minimum Gasteiger partial charge on any atom is -0.463 e. The van der Waals surface area contributed by atoms with Gasteiger partial charge in [0.2, 0.25) is 5.91 Å². The summed E-state index contributed by atoms with van der Waals surface area (Å²) in [5, 5.41) is 0. The number of rotatable bonds is 6. The number of fused-ring (bicyclic) bond motifs is 5. The molecule has 1 aliphatic heterocycles. The normalized spacial score (nSPS) is 18.1.